The molecule has 1 aromatic carbocycles. The van der Waals surface area contributed by atoms with E-state index in [9.17, 15) is 12.8 Å². The zero-order valence-corrected chi connectivity index (χ0v) is 11.5. The third-order valence-corrected chi connectivity index (χ3v) is 3.60. The molecule has 0 saturated carbocycles. The largest absolute Gasteiger partial charge is 0.382 e. The summed E-state index contributed by atoms with van der Waals surface area (Å²) >= 11 is 5.70. The number of H-pyrrole nitrogens is 1. The Morgan fingerprint density at radius 3 is 2.79 bits per heavy atom. The number of benzene rings is 1. The van der Waals surface area contributed by atoms with E-state index in [1.807, 2.05) is 0 Å². The van der Waals surface area contributed by atoms with Gasteiger partial charge >= 0.3 is 0 Å². The van der Waals surface area contributed by atoms with Crippen molar-refractivity contribution in [2.24, 2.45) is 0 Å². The summed E-state index contributed by atoms with van der Waals surface area (Å²) in [5.41, 5.74) is 6.25. The molecule has 0 aliphatic heterocycles. The van der Waals surface area contributed by atoms with Crippen molar-refractivity contribution in [3.05, 3.63) is 34.7 Å². The molecule has 1 aromatic heterocycles. The molecule has 102 valence electrons. The lowest BCUT2D eigenvalue weighted by Crippen LogP contribution is -2.03. The van der Waals surface area contributed by atoms with Crippen molar-refractivity contribution < 1.29 is 12.8 Å². The second-order valence-corrected chi connectivity index (χ2v) is 6.68. The molecule has 3 N–H and O–H groups in total. The highest BCUT2D eigenvalue weighted by atomic mass is 35.5. The molecule has 0 radical (unpaired) electrons. The Balaban J connectivity index is 2.62. The molecule has 5 nitrogen and oxygen atoms in total. The lowest BCUT2D eigenvalue weighted by molar-refractivity contribution is 0.600. The van der Waals surface area contributed by atoms with Crippen LogP contribution in [0.1, 0.15) is 5.69 Å². The number of sulfone groups is 1. The van der Waals surface area contributed by atoms with E-state index in [1.54, 1.807) is 6.07 Å². The molecule has 0 aliphatic rings. The van der Waals surface area contributed by atoms with Gasteiger partial charge in [0.05, 0.1) is 22.0 Å². The number of hydrogen-bond donors (Lipinski definition) is 2. The van der Waals surface area contributed by atoms with Crippen LogP contribution in [0.2, 0.25) is 5.02 Å². The maximum atomic E-state index is 14.0. The van der Waals surface area contributed by atoms with Gasteiger partial charge in [-0.25, -0.2) is 12.8 Å². The minimum Gasteiger partial charge on any atom is -0.382 e. The van der Waals surface area contributed by atoms with Crippen LogP contribution in [0.5, 0.6) is 0 Å². The number of nitrogens with two attached hydrogens (primary N) is 1. The molecular weight excluding hydrogens is 293 g/mol. The summed E-state index contributed by atoms with van der Waals surface area (Å²) < 4.78 is 36.7. The van der Waals surface area contributed by atoms with Crippen molar-refractivity contribution in [3.8, 4) is 11.1 Å². The number of nitrogens with one attached hydrogen (secondary N) is 1. The van der Waals surface area contributed by atoms with E-state index in [-0.39, 0.29) is 33.4 Å². The molecule has 8 heteroatoms. The van der Waals surface area contributed by atoms with Crippen LogP contribution in [0.3, 0.4) is 0 Å². The van der Waals surface area contributed by atoms with Crippen LogP contribution in [-0.2, 0) is 15.6 Å². The third kappa shape index (κ3) is 2.87. The number of anilines is 1. The Labute approximate surface area is 114 Å². The maximum absolute atomic E-state index is 14.0. The van der Waals surface area contributed by atoms with Gasteiger partial charge in [0.2, 0.25) is 0 Å². The van der Waals surface area contributed by atoms with E-state index < -0.39 is 15.7 Å². The first kappa shape index (κ1) is 13.8. The van der Waals surface area contributed by atoms with E-state index in [1.165, 1.54) is 12.1 Å². The summed E-state index contributed by atoms with van der Waals surface area (Å²) in [6.45, 7) is 0. The van der Waals surface area contributed by atoms with Gasteiger partial charge in [-0.3, -0.25) is 5.10 Å². The zero-order chi connectivity index (χ0) is 14.2. The van der Waals surface area contributed by atoms with Crippen molar-refractivity contribution in [1.82, 2.24) is 10.2 Å². The van der Waals surface area contributed by atoms with Crippen LogP contribution < -0.4 is 5.73 Å². The van der Waals surface area contributed by atoms with Gasteiger partial charge in [0.1, 0.15) is 5.82 Å². The topological polar surface area (TPSA) is 88.8 Å². The van der Waals surface area contributed by atoms with Crippen LogP contribution >= 0.6 is 11.6 Å². The number of hydrogen-bond acceptors (Lipinski definition) is 4. The van der Waals surface area contributed by atoms with Gasteiger partial charge < -0.3 is 5.73 Å². The van der Waals surface area contributed by atoms with Gasteiger partial charge in [0.15, 0.2) is 15.7 Å². The average molecular weight is 304 g/mol. The molecule has 0 aliphatic carbocycles. The summed E-state index contributed by atoms with van der Waals surface area (Å²) in [5.74, 6) is -0.940. The summed E-state index contributed by atoms with van der Waals surface area (Å²) in [6.07, 6.45) is 1.07. The van der Waals surface area contributed by atoms with E-state index >= 15 is 0 Å². The first-order valence-corrected chi connectivity index (χ1v) is 7.68. The Kier molecular flexibility index (Phi) is 3.51. The number of aromatic nitrogens is 2. The molecule has 0 saturated heterocycles. The molecule has 0 unspecified atom stereocenters. The van der Waals surface area contributed by atoms with Crippen LogP contribution in [0.25, 0.3) is 11.1 Å². The number of aromatic amines is 1. The van der Waals surface area contributed by atoms with Crippen LogP contribution in [0.15, 0.2) is 18.2 Å². The first-order valence-electron chi connectivity index (χ1n) is 5.24. The van der Waals surface area contributed by atoms with Gasteiger partial charge in [0.25, 0.3) is 0 Å². The van der Waals surface area contributed by atoms with Crippen molar-refractivity contribution in [3.63, 3.8) is 0 Å². The molecule has 0 spiro atoms. The van der Waals surface area contributed by atoms with E-state index in [0.29, 0.717) is 0 Å². The van der Waals surface area contributed by atoms with Gasteiger partial charge in [0, 0.05) is 11.8 Å². The lowest BCUT2D eigenvalue weighted by Gasteiger charge is -2.06. The number of nitrogen functional groups attached to an aromatic ring is 1. The molecule has 0 atom stereocenters. The SMILES string of the molecule is CS(=O)(=O)Cc1[nH]nc(N)c1-c1cccc(Cl)c1F. The summed E-state index contributed by atoms with van der Waals surface area (Å²) in [7, 11) is -3.30. The molecule has 0 amide bonds. The smallest absolute Gasteiger partial charge is 0.153 e. The Bertz CT molecular complexity index is 728. The fourth-order valence-electron chi connectivity index (χ4n) is 1.76. The van der Waals surface area contributed by atoms with E-state index in [4.69, 9.17) is 17.3 Å². The van der Waals surface area contributed by atoms with Gasteiger partial charge in [-0.2, -0.15) is 5.10 Å². The molecular formula is C11H11ClFN3O2S. The first-order chi connectivity index (χ1) is 8.79. The minimum atomic E-state index is -3.30. The van der Waals surface area contributed by atoms with Crippen molar-refractivity contribution >= 4 is 27.3 Å². The second kappa shape index (κ2) is 4.82. The Morgan fingerprint density at radius 1 is 1.47 bits per heavy atom. The molecule has 0 bridgehead atoms. The molecule has 2 rings (SSSR count). The highest BCUT2D eigenvalue weighted by Crippen LogP contribution is 2.33. The third-order valence-electron chi connectivity index (χ3n) is 2.50. The number of halogens is 2. The lowest BCUT2D eigenvalue weighted by atomic mass is 10.1. The Hall–Kier alpha value is -1.60. The predicted molar refractivity (Wildman–Crippen MR) is 72.0 cm³/mol. The van der Waals surface area contributed by atoms with Crippen LogP contribution in [-0.4, -0.2) is 24.9 Å². The summed E-state index contributed by atoms with van der Waals surface area (Å²) in [4.78, 5) is 0. The number of rotatable bonds is 3. The van der Waals surface area contributed by atoms with E-state index in [2.05, 4.69) is 10.2 Å². The monoisotopic (exact) mass is 303 g/mol. The molecule has 19 heavy (non-hydrogen) atoms. The highest BCUT2D eigenvalue weighted by Gasteiger charge is 2.20. The predicted octanol–water partition coefficient (Wildman–Crippen LogP) is 2.00. The molecule has 1 heterocycles. The summed E-state index contributed by atoms with van der Waals surface area (Å²) in [6, 6.07) is 4.42. The molecule has 0 fully saturated rings. The van der Waals surface area contributed by atoms with Gasteiger partial charge in [-0.05, 0) is 6.07 Å². The van der Waals surface area contributed by atoms with Gasteiger partial charge in [-0.15, -0.1) is 0 Å². The zero-order valence-electron chi connectivity index (χ0n) is 9.94. The Morgan fingerprint density at radius 2 is 2.16 bits per heavy atom. The molecule has 2 aromatic rings. The van der Waals surface area contributed by atoms with Crippen LogP contribution in [0, 0.1) is 5.82 Å². The normalized spacial score (nSPS) is 11.7. The van der Waals surface area contributed by atoms with Crippen molar-refractivity contribution in [2.75, 3.05) is 12.0 Å². The van der Waals surface area contributed by atoms with Crippen molar-refractivity contribution in [2.45, 2.75) is 5.75 Å². The maximum Gasteiger partial charge on any atom is 0.153 e. The fourth-order valence-corrected chi connectivity index (χ4v) is 2.67. The summed E-state index contributed by atoms with van der Waals surface area (Å²) in [5, 5.41) is 6.17. The van der Waals surface area contributed by atoms with E-state index in [0.717, 1.165) is 6.26 Å². The minimum absolute atomic E-state index is 0.0276. The number of nitrogens with zero attached hydrogens (tertiary/aromatic N) is 1. The highest BCUT2D eigenvalue weighted by molar-refractivity contribution is 7.89. The van der Waals surface area contributed by atoms with Gasteiger partial charge in [-0.1, -0.05) is 23.7 Å². The quantitative estimate of drug-likeness (QED) is 0.907. The van der Waals surface area contributed by atoms with Crippen molar-refractivity contribution in [1.29, 1.82) is 0 Å². The fraction of sp³-hybridized carbons (Fsp3) is 0.182. The standard InChI is InChI=1S/C11H11ClFN3O2S/c1-19(17,18)5-8-9(11(14)16-15-8)6-3-2-4-7(12)10(6)13/h2-4H,5H2,1H3,(H3,14,15,16). The van der Waals surface area contributed by atoms with Crippen LogP contribution in [0.4, 0.5) is 10.2 Å². The second-order valence-electron chi connectivity index (χ2n) is 4.13. The average Bonchev–Trinajstić information content (AvgIpc) is 2.62.